The molecule has 23 heavy (non-hydrogen) atoms. The van der Waals surface area contributed by atoms with Gasteiger partial charge in [0.05, 0.1) is 11.4 Å². The Bertz CT molecular complexity index is 816. The summed E-state index contributed by atoms with van der Waals surface area (Å²) in [6.07, 6.45) is 0. The van der Waals surface area contributed by atoms with Gasteiger partial charge in [0, 0.05) is 11.1 Å². The molecule has 0 amide bonds. The Kier molecular flexibility index (Phi) is 3.09. The van der Waals surface area contributed by atoms with Crippen LogP contribution in [-0.2, 0) is 5.41 Å². The number of fused-ring (bicyclic) bond motifs is 2. The molecule has 0 spiro atoms. The zero-order valence-electron chi connectivity index (χ0n) is 13.9. The van der Waals surface area contributed by atoms with E-state index in [1.807, 2.05) is 0 Å². The number of anilines is 3. The van der Waals surface area contributed by atoms with Crippen LogP contribution < -0.4 is 10.4 Å². The average molecular weight is 297 g/mol. The molecule has 112 valence electrons. The van der Waals surface area contributed by atoms with Gasteiger partial charge in [0.25, 0.3) is 0 Å². The molecule has 1 aliphatic rings. The first-order valence-corrected chi connectivity index (χ1v) is 8.15. The number of rotatable bonds is 1. The highest BCUT2D eigenvalue weighted by atomic mass is 15.2. The highest BCUT2D eigenvalue weighted by molar-refractivity contribution is 6.32. The molecule has 3 aromatic carbocycles. The molecule has 0 aromatic heterocycles. The average Bonchev–Trinajstić information content (AvgIpc) is 2.57. The second-order valence-electron chi connectivity index (χ2n) is 6.83. The van der Waals surface area contributed by atoms with Crippen molar-refractivity contribution in [3.63, 3.8) is 0 Å². The first-order valence-electron chi connectivity index (χ1n) is 8.15. The predicted octanol–water partition coefficient (Wildman–Crippen LogP) is 4.05. The van der Waals surface area contributed by atoms with Gasteiger partial charge in [0.2, 0.25) is 0 Å². The van der Waals surface area contributed by atoms with Crippen molar-refractivity contribution >= 4 is 30.4 Å². The van der Waals surface area contributed by atoms with Crippen LogP contribution >= 0.6 is 0 Å². The highest BCUT2D eigenvalue weighted by Gasteiger charge is 2.36. The summed E-state index contributed by atoms with van der Waals surface area (Å²) in [5, 5.41) is 0. The van der Waals surface area contributed by atoms with Crippen molar-refractivity contribution in [3.8, 4) is 0 Å². The molecule has 0 saturated heterocycles. The van der Waals surface area contributed by atoms with Gasteiger partial charge in [0.15, 0.2) is 0 Å². The van der Waals surface area contributed by atoms with Crippen LogP contribution in [0.4, 0.5) is 17.1 Å². The Labute approximate surface area is 139 Å². The van der Waals surface area contributed by atoms with Gasteiger partial charge in [-0.15, -0.1) is 0 Å². The minimum Gasteiger partial charge on any atom is -0.310 e. The molecule has 2 heteroatoms. The summed E-state index contributed by atoms with van der Waals surface area (Å²) in [5.41, 5.74) is 7.81. The van der Waals surface area contributed by atoms with E-state index >= 15 is 0 Å². The van der Waals surface area contributed by atoms with Gasteiger partial charge in [-0.25, -0.2) is 0 Å². The predicted molar refractivity (Wildman–Crippen MR) is 101 cm³/mol. The van der Waals surface area contributed by atoms with Crippen molar-refractivity contribution in [2.45, 2.75) is 19.3 Å². The van der Waals surface area contributed by atoms with Crippen molar-refractivity contribution in [1.82, 2.24) is 0 Å². The number of nitrogens with zero attached hydrogens (tertiary/aromatic N) is 1. The van der Waals surface area contributed by atoms with E-state index in [0.717, 1.165) is 0 Å². The quantitative estimate of drug-likeness (QED) is 0.612. The number of benzene rings is 3. The maximum Gasteiger partial charge on any atom is 0.139 e. The van der Waals surface area contributed by atoms with Crippen LogP contribution in [0.15, 0.2) is 72.8 Å². The van der Waals surface area contributed by atoms with Crippen molar-refractivity contribution < 1.29 is 0 Å². The van der Waals surface area contributed by atoms with Crippen molar-refractivity contribution in [2.24, 2.45) is 0 Å². The SMILES string of the molecule is Bc1ccc(N2c3ccccc3C(C)(C)c3ccccc32)cc1. The summed E-state index contributed by atoms with van der Waals surface area (Å²) in [4.78, 5) is 2.38. The summed E-state index contributed by atoms with van der Waals surface area (Å²) in [7, 11) is 2.13. The molecule has 0 radical (unpaired) electrons. The number of para-hydroxylation sites is 2. The lowest BCUT2D eigenvalue weighted by Crippen LogP contribution is -2.30. The van der Waals surface area contributed by atoms with Gasteiger partial charge in [-0.3, -0.25) is 0 Å². The first-order chi connectivity index (χ1) is 11.1. The highest BCUT2D eigenvalue weighted by Crippen LogP contribution is 2.51. The summed E-state index contributed by atoms with van der Waals surface area (Å²) in [5.74, 6) is 0. The molecule has 0 fully saturated rings. The van der Waals surface area contributed by atoms with Crippen molar-refractivity contribution in [1.29, 1.82) is 0 Å². The standard InChI is InChI=1S/C21H20BN/c1-21(2)17-7-3-5-9-19(17)23(16-13-11-15(22)12-14-16)20-10-6-4-8-18(20)21/h3-14H,22H2,1-2H3. The van der Waals surface area contributed by atoms with Crippen LogP contribution in [0.5, 0.6) is 0 Å². The second kappa shape index (κ2) is 5.02. The van der Waals surface area contributed by atoms with Gasteiger partial charge >= 0.3 is 0 Å². The second-order valence-corrected chi connectivity index (χ2v) is 6.83. The topological polar surface area (TPSA) is 3.24 Å². The molecular weight excluding hydrogens is 277 g/mol. The Hall–Kier alpha value is -2.48. The zero-order chi connectivity index (χ0) is 16.0. The normalized spacial score (nSPS) is 15.0. The van der Waals surface area contributed by atoms with E-state index < -0.39 is 0 Å². The Morgan fingerprint density at radius 3 is 1.70 bits per heavy atom. The molecule has 0 unspecified atom stereocenters. The fourth-order valence-corrected chi connectivity index (χ4v) is 3.64. The monoisotopic (exact) mass is 297 g/mol. The third-order valence-electron chi connectivity index (χ3n) is 4.93. The lowest BCUT2D eigenvalue weighted by atomic mass is 9.73. The molecular formula is C21H20BN. The van der Waals surface area contributed by atoms with Gasteiger partial charge in [-0.2, -0.15) is 0 Å². The Balaban J connectivity index is 2.02. The van der Waals surface area contributed by atoms with Crippen LogP contribution in [-0.4, -0.2) is 7.85 Å². The molecule has 0 saturated carbocycles. The molecule has 1 nitrogen and oxygen atoms in total. The van der Waals surface area contributed by atoms with E-state index in [1.165, 1.54) is 33.7 Å². The largest absolute Gasteiger partial charge is 0.310 e. The summed E-state index contributed by atoms with van der Waals surface area (Å²) in [6, 6.07) is 26.3. The van der Waals surface area contributed by atoms with Crippen LogP contribution in [0.25, 0.3) is 0 Å². The maximum absolute atomic E-state index is 2.38. The Morgan fingerprint density at radius 2 is 1.17 bits per heavy atom. The maximum atomic E-state index is 2.38. The Morgan fingerprint density at radius 1 is 0.696 bits per heavy atom. The summed E-state index contributed by atoms with van der Waals surface area (Å²) in [6.45, 7) is 4.63. The summed E-state index contributed by atoms with van der Waals surface area (Å²) >= 11 is 0. The molecule has 0 atom stereocenters. The third kappa shape index (κ3) is 2.09. The van der Waals surface area contributed by atoms with Crippen LogP contribution in [0.2, 0.25) is 0 Å². The van der Waals surface area contributed by atoms with Crippen molar-refractivity contribution in [2.75, 3.05) is 4.90 Å². The lowest BCUT2D eigenvalue weighted by molar-refractivity contribution is 0.632. The van der Waals surface area contributed by atoms with Gasteiger partial charge in [-0.05, 0) is 35.4 Å². The molecule has 1 aliphatic heterocycles. The molecule has 0 N–H and O–H groups in total. The fourth-order valence-electron chi connectivity index (χ4n) is 3.64. The van der Waals surface area contributed by atoms with E-state index in [2.05, 4.69) is 99.4 Å². The molecule has 0 aliphatic carbocycles. The summed E-state index contributed by atoms with van der Waals surface area (Å²) < 4.78 is 0. The minimum absolute atomic E-state index is 0.00832. The minimum atomic E-state index is 0.00832. The van der Waals surface area contributed by atoms with Crippen molar-refractivity contribution in [3.05, 3.63) is 83.9 Å². The first kappa shape index (κ1) is 14.1. The molecule has 4 rings (SSSR count). The van der Waals surface area contributed by atoms with Crippen LogP contribution in [0, 0.1) is 0 Å². The number of hydrogen-bond donors (Lipinski definition) is 0. The molecule has 3 aromatic rings. The van der Waals surface area contributed by atoms with E-state index in [4.69, 9.17) is 0 Å². The van der Waals surface area contributed by atoms with Gasteiger partial charge < -0.3 is 4.90 Å². The zero-order valence-corrected chi connectivity index (χ0v) is 13.9. The van der Waals surface area contributed by atoms with Gasteiger partial charge in [0.1, 0.15) is 7.85 Å². The number of hydrogen-bond acceptors (Lipinski definition) is 1. The fraction of sp³-hybridized carbons (Fsp3) is 0.143. The van der Waals surface area contributed by atoms with Gasteiger partial charge in [-0.1, -0.05) is 67.8 Å². The van der Waals surface area contributed by atoms with E-state index in [9.17, 15) is 0 Å². The smallest absolute Gasteiger partial charge is 0.139 e. The lowest BCUT2D eigenvalue weighted by Gasteiger charge is -2.42. The van der Waals surface area contributed by atoms with Crippen LogP contribution in [0.3, 0.4) is 0 Å². The van der Waals surface area contributed by atoms with E-state index in [0.29, 0.717) is 0 Å². The van der Waals surface area contributed by atoms with Crippen LogP contribution in [0.1, 0.15) is 25.0 Å². The molecule has 1 heterocycles. The third-order valence-corrected chi connectivity index (χ3v) is 4.93. The molecule has 0 bridgehead atoms. The van der Waals surface area contributed by atoms with E-state index in [1.54, 1.807) is 0 Å². The van der Waals surface area contributed by atoms with E-state index in [-0.39, 0.29) is 5.41 Å².